The summed E-state index contributed by atoms with van der Waals surface area (Å²) in [6.45, 7) is 2.07. The Bertz CT molecular complexity index is 1340. The van der Waals surface area contributed by atoms with Gasteiger partial charge in [0.05, 0.1) is 23.3 Å². The molecule has 1 aliphatic carbocycles. The third-order valence-corrected chi connectivity index (χ3v) is 5.63. The van der Waals surface area contributed by atoms with Gasteiger partial charge in [0.25, 0.3) is 0 Å². The molecule has 0 atom stereocenters. The number of aromatic amines is 2. The molecule has 6 rings (SSSR count). The number of benzene rings is 1. The fourth-order valence-electron chi connectivity index (χ4n) is 3.86. The van der Waals surface area contributed by atoms with Crippen molar-refractivity contribution >= 4 is 10.9 Å². The molecule has 2 N–H and O–H groups in total. The zero-order valence-corrected chi connectivity index (χ0v) is 16.5. The molecule has 0 amide bonds. The highest BCUT2D eigenvalue weighted by Crippen LogP contribution is 2.40. The van der Waals surface area contributed by atoms with E-state index in [0.717, 1.165) is 57.0 Å². The molecule has 0 saturated heterocycles. The summed E-state index contributed by atoms with van der Waals surface area (Å²) < 4.78 is 6.15. The van der Waals surface area contributed by atoms with E-state index < -0.39 is 0 Å². The highest BCUT2D eigenvalue weighted by molar-refractivity contribution is 5.96. The van der Waals surface area contributed by atoms with Crippen LogP contribution in [0.5, 0.6) is 0 Å². The molecule has 5 aromatic rings. The fourth-order valence-corrected chi connectivity index (χ4v) is 3.86. The van der Waals surface area contributed by atoms with Crippen LogP contribution < -0.4 is 0 Å². The standard InChI is InChI=1S/C23H20N6O/c1-2-17-22(19-7-8-26-29-19)30-23(28-17)14-5-6-18-15(9-14)16(10-25-18)21-12-24-11-20(27-21)13-3-4-13/h5-13,25H,2-4H2,1H3,(H,26,29). The van der Waals surface area contributed by atoms with Gasteiger partial charge in [0.1, 0.15) is 5.69 Å². The Morgan fingerprint density at radius 3 is 2.87 bits per heavy atom. The van der Waals surface area contributed by atoms with Crippen LogP contribution in [-0.2, 0) is 6.42 Å². The van der Waals surface area contributed by atoms with Crippen LogP contribution >= 0.6 is 0 Å². The maximum atomic E-state index is 6.15. The highest BCUT2D eigenvalue weighted by Gasteiger charge is 2.26. The minimum absolute atomic E-state index is 0.568. The van der Waals surface area contributed by atoms with Gasteiger partial charge in [-0.15, -0.1) is 0 Å². The van der Waals surface area contributed by atoms with Gasteiger partial charge in [-0.05, 0) is 43.5 Å². The van der Waals surface area contributed by atoms with Crippen molar-refractivity contribution in [1.29, 1.82) is 0 Å². The lowest BCUT2D eigenvalue weighted by molar-refractivity contribution is 0.585. The second kappa shape index (κ2) is 6.66. The number of fused-ring (bicyclic) bond motifs is 1. The molecule has 0 bridgehead atoms. The Kier molecular flexibility index (Phi) is 3.80. The van der Waals surface area contributed by atoms with E-state index in [1.165, 1.54) is 12.8 Å². The van der Waals surface area contributed by atoms with Gasteiger partial charge in [0.15, 0.2) is 5.76 Å². The van der Waals surface area contributed by atoms with Gasteiger partial charge in [0, 0.05) is 46.5 Å². The van der Waals surface area contributed by atoms with Gasteiger partial charge < -0.3 is 9.40 Å². The van der Waals surface area contributed by atoms with Gasteiger partial charge in [0.2, 0.25) is 5.89 Å². The van der Waals surface area contributed by atoms with Crippen molar-refractivity contribution in [3.63, 3.8) is 0 Å². The van der Waals surface area contributed by atoms with Crippen LogP contribution in [0.15, 0.2) is 53.5 Å². The Labute approximate surface area is 172 Å². The number of H-pyrrole nitrogens is 2. The summed E-state index contributed by atoms with van der Waals surface area (Å²) in [4.78, 5) is 17.4. The van der Waals surface area contributed by atoms with Crippen molar-refractivity contribution < 1.29 is 4.42 Å². The summed E-state index contributed by atoms with van der Waals surface area (Å²) in [6.07, 6.45) is 10.6. The molecule has 0 aliphatic heterocycles. The van der Waals surface area contributed by atoms with E-state index in [1.807, 2.05) is 30.7 Å². The zero-order chi connectivity index (χ0) is 20.1. The summed E-state index contributed by atoms with van der Waals surface area (Å²) in [5, 5.41) is 8.07. The minimum Gasteiger partial charge on any atom is -0.434 e. The van der Waals surface area contributed by atoms with Gasteiger partial charge in [-0.3, -0.25) is 10.1 Å². The molecule has 7 heteroatoms. The molecule has 1 aliphatic rings. The molecule has 4 aromatic heterocycles. The van der Waals surface area contributed by atoms with E-state index in [9.17, 15) is 0 Å². The quantitative estimate of drug-likeness (QED) is 0.430. The normalized spacial score (nSPS) is 13.9. The third kappa shape index (κ3) is 2.82. The average molecular weight is 396 g/mol. The summed E-state index contributed by atoms with van der Waals surface area (Å²) >= 11 is 0. The van der Waals surface area contributed by atoms with Crippen LogP contribution in [0.3, 0.4) is 0 Å². The van der Waals surface area contributed by atoms with E-state index in [2.05, 4.69) is 39.2 Å². The largest absolute Gasteiger partial charge is 0.434 e. The Balaban J connectivity index is 1.45. The van der Waals surface area contributed by atoms with Crippen LogP contribution in [0.2, 0.25) is 0 Å². The summed E-state index contributed by atoms with van der Waals surface area (Å²) in [6, 6.07) is 8.08. The van der Waals surface area contributed by atoms with Crippen LogP contribution in [0, 0.1) is 0 Å². The van der Waals surface area contributed by atoms with E-state index in [0.29, 0.717) is 11.8 Å². The lowest BCUT2D eigenvalue weighted by Gasteiger charge is -2.03. The number of nitrogens with one attached hydrogen (secondary N) is 2. The van der Waals surface area contributed by atoms with Gasteiger partial charge in [-0.1, -0.05) is 6.92 Å². The lowest BCUT2D eigenvalue weighted by atomic mass is 10.1. The predicted molar refractivity (Wildman–Crippen MR) is 114 cm³/mol. The lowest BCUT2D eigenvalue weighted by Crippen LogP contribution is -1.91. The third-order valence-electron chi connectivity index (χ3n) is 5.63. The predicted octanol–water partition coefficient (Wildman–Crippen LogP) is 5.11. The van der Waals surface area contributed by atoms with E-state index >= 15 is 0 Å². The number of aryl methyl sites for hydroxylation is 1. The first-order chi connectivity index (χ1) is 14.8. The first-order valence-electron chi connectivity index (χ1n) is 10.2. The molecule has 4 heterocycles. The van der Waals surface area contributed by atoms with Crippen molar-refractivity contribution in [3.8, 4) is 34.2 Å². The van der Waals surface area contributed by atoms with Gasteiger partial charge >= 0.3 is 0 Å². The van der Waals surface area contributed by atoms with Gasteiger partial charge in [-0.25, -0.2) is 9.97 Å². The van der Waals surface area contributed by atoms with Crippen LogP contribution in [0.1, 0.15) is 37.1 Å². The maximum absolute atomic E-state index is 6.15. The zero-order valence-electron chi connectivity index (χ0n) is 16.5. The summed E-state index contributed by atoms with van der Waals surface area (Å²) in [5.74, 6) is 1.91. The Morgan fingerprint density at radius 1 is 1.13 bits per heavy atom. The van der Waals surface area contributed by atoms with Gasteiger partial charge in [-0.2, -0.15) is 5.10 Å². The smallest absolute Gasteiger partial charge is 0.227 e. The maximum Gasteiger partial charge on any atom is 0.227 e. The van der Waals surface area contributed by atoms with Crippen LogP contribution in [0.25, 0.3) is 45.1 Å². The van der Waals surface area contributed by atoms with Crippen LogP contribution in [-0.4, -0.2) is 30.1 Å². The second-order valence-corrected chi connectivity index (χ2v) is 7.68. The highest BCUT2D eigenvalue weighted by atomic mass is 16.4. The van der Waals surface area contributed by atoms with Crippen molar-refractivity contribution in [2.45, 2.75) is 32.1 Å². The van der Waals surface area contributed by atoms with Crippen LogP contribution in [0.4, 0.5) is 0 Å². The molecule has 0 unspecified atom stereocenters. The molecule has 0 radical (unpaired) electrons. The fraction of sp³-hybridized carbons (Fsp3) is 0.217. The van der Waals surface area contributed by atoms with E-state index in [-0.39, 0.29) is 0 Å². The number of aromatic nitrogens is 6. The number of oxazole rings is 1. The molecular weight excluding hydrogens is 376 g/mol. The first kappa shape index (κ1) is 17.1. The number of nitrogens with zero attached hydrogens (tertiary/aromatic N) is 4. The SMILES string of the molecule is CCc1nc(-c2ccc3[nH]cc(-c4cncc(C5CC5)n4)c3c2)oc1-c1ccn[nH]1. The second-order valence-electron chi connectivity index (χ2n) is 7.68. The van der Waals surface area contributed by atoms with Crippen molar-refractivity contribution in [1.82, 2.24) is 30.1 Å². The average Bonchev–Trinajstić information content (AvgIpc) is 3.18. The minimum atomic E-state index is 0.568. The van der Waals surface area contributed by atoms with Crippen molar-refractivity contribution in [2.24, 2.45) is 0 Å². The molecule has 1 fully saturated rings. The molecule has 0 spiro atoms. The topological polar surface area (TPSA) is 96.3 Å². The first-order valence-corrected chi connectivity index (χ1v) is 10.2. The summed E-state index contributed by atoms with van der Waals surface area (Å²) in [7, 11) is 0. The van der Waals surface area contributed by atoms with E-state index in [1.54, 1.807) is 6.20 Å². The molecule has 1 aromatic carbocycles. The monoisotopic (exact) mass is 396 g/mol. The van der Waals surface area contributed by atoms with Crippen molar-refractivity contribution in [3.05, 3.63) is 60.4 Å². The Morgan fingerprint density at radius 2 is 2.07 bits per heavy atom. The number of hydrogen-bond acceptors (Lipinski definition) is 5. The molecule has 148 valence electrons. The van der Waals surface area contributed by atoms with E-state index in [4.69, 9.17) is 14.4 Å². The summed E-state index contributed by atoms with van der Waals surface area (Å²) in [5.41, 5.74) is 6.73. The number of hydrogen-bond donors (Lipinski definition) is 2. The molecule has 7 nitrogen and oxygen atoms in total. The number of rotatable bonds is 5. The molecule has 1 saturated carbocycles. The molecule has 30 heavy (non-hydrogen) atoms. The Hall–Kier alpha value is -3.74. The van der Waals surface area contributed by atoms with Crippen molar-refractivity contribution in [2.75, 3.05) is 0 Å². The molecular formula is C23H20N6O.